The molecule has 1 aliphatic heterocycles. The average Bonchev–Trinajstić information content (AvgIpc) is 2.51. The second kappa shape index (κ2) is 5.20. The summed E-state index contributed by atoms with van der Waals surface area (Å²) in [5, 5.41) is 0. The minimum atomic E-state index is -0.290. The molecule has 3 rings (SSSR count). The smallest absolute Gasteiger partial charge is 0.276 e. The van der Waals surface area contributed by atoms with Crippen LogP contribution in [-0.4, -0.2) is 41.1 Å². The van der Waals surface area contributed by atoms with Gasteiger partial charge in [-0.25, -0.2) is 9.97 Å². The fourth-order valence-corrected chi connectivity index (χ4v) is 2.34. The van der Waals surface area contributed by atoms with Crippen LogP contribution in [-0.2, 0) is 0 Å². The number of nitrogen functional groups attached to an aromatic ring is 1. The van der Waals surface area contributed by atoms with Crippen molar-refractivity contribution in [2.75, 3.05) is 41.7 Å². The number of piperazine rings is 1. The topological polar surface area (TPSA) is 91.1 Å². The van der Waals surface area contributed by atoms with Crippen molar-refractivity contribution in [1.82, 2.24) is 15.0 Å². The summed E-state index contributed by atoms with van der Waals surface area (Å²) in [7, 11) is 0. The molecule has 0 amide bonds. The fraction of sp³-hybridized carbons (Fsp3) is 0.308. The molecule has 0 aliphatic carbocycles. The Morgan fingerprint density at radius 2 is 1.85 bits per heavy atom. The van der Waals surface area contributed by atoms with E-state index in [0.29, 0.717) is 5.82 Å². The lowest BCUT2D eigenvalue weighted by Crippen LogP contribution is -2.47. The van der Waals surface area contributed by atoms with Gasteiger partial charge in [0.15, 0.2) is 5.82 Å². The maximum atomic E-state index is 11.5. The zero-order valence-electron chi connectivity index (χ0n) is 11.0. The van der Waals surface area contributed by atoms with E-state index in [1.54, 1.807) is 6.20 Å². The molecule has 104 valence electrons. The van der Waals surface area contributed by atoms with Crippen molar-refractivity contribution in [2.24, 2.45) is 0 Å². The fourth-order valence-electron chi connectivity index (χ4n) is 2.34. The van der Waals surface area contributed by atoms with Crippen LogP contribution in [0.1, 0.15) is 0 Å². The summed E-state index contributed by atoms with van der Waals surface area (Å²) < 4.78 is 0. The maximum Gasteiger partial charge on any atom is 0.276 e. The highest BCUT2D eigenvalue weighted by molar-refractivity contribution is 5.61. The van der Waals surface area contributed by atoms with E-state index in [9.17, 15) is 4.79 Å². The number of nitrogens with two attached hydrogens (primary N) is 1. The van der Waals surface area contributed by atoms with Gasteiger partial charge in [-0.2, -0.15) is 0 Å². The second-order valence-corrected chi connectivity index (χ2v) is 4.63. The molecular weight excluding hydrogens is 256 g/mol. The van der Waals surface area contributed by atoms with E-state index in [0.717, 1.165) is 32.0 Å². The van der Waals surface area contributed by atoms with Gasteiger partial charge in [0, 0.05) is 32.4 Å². The van der Waals surface area contributed by atoms with Crippen molar-refractivity contribution in [3.63, 3.8) is 0 Å². The highest BCUT2D eigenvalue weighted by atomic mass is 16.1. The van der Waals surface area contributed by atoms with Gasteiger partial charge in [0.25, 0.3) is 5.56 Å². The van der Waals surface area contributed by atoms with Gasteiger partial charge in [-0.3, -0.25) is 4.79 Å². The zero-order valence-corrected chi connectivity index (χ0v) is 11.0. The number of hydrogen-bond acceptors (Lipinski definition) is 6. The number of nitrogens with one attached hydrogen (secondary N) is 1. The predicted molar refractivity (Wildman–Crippen MR) is 77.9 cm³/mol. The number of aromatic amines is 1. The van der Waals surface area contributed by atoms with Crippen molar-refractivity contribution >= 4 is 17.3 Å². The minimum absolute atomic E-state index is 0.179. The molecule has 0 aromatic carbocycles. The number of anilines is 3. The van der Waals surface area contributed by atoms with Crippen LogP contribution in [0.15, 0.2) is 35.5 Å². The highest BCUT2D eigenvalue weighted by Crippen LogP contribution is 2.19. The van der Waals surface area contributed by atoms with Crippen molar-refractivity contribution in [2.45, 2.75) is 0 Å². The lowest BCUT2D eigenvalue weighted by atomic mass is 10.3. The lowest BCUT2D eigenvalue weighted by molar-refractivity contribution is 0.641. The number of aromatic nitrogens is 3. The van der Waals surface area contributed by atoms with Crippen LogP contribution in [0, 0.1) is 0 Å². The van der Waals surface area contributed by atoms with E-state index < -0.39 is 0 Å². The van der Waals surface area contributed by atoms with Crippen LogP contribution in [0.2, 0.25) is 0 Å². The summed E-state index contributed by atoms with van der Waals surface area (Å²) in [6.07, 6.45) is 3.18. The zero-order chi connectivity index (χ0) is 13.9. The van der Waals surface area contributed by atoms with E-state index >= 15 is 0 Å². The van der Waals surface area contributed by atoms with Crippen molar-refractivity contribution in [3.05, 3.63) is 41.1 Å². The summed E-state index contributed by atoms with van der Waals surface area (Å²) in [4.78, 5) is 26.7. The minimum Gasteiger partial charge on any atom is -0.391 e. The SMILES string of the molecule is Nc1c(N2CCN(c3ccccn3)CC2)nc[nH]c1=O. The molecule has 3 N–H and O–H groups in total. The Labute approximate surface area is 116 Å². The van der Waals surface area contributed by atoms with Crippen molar-refractivity contribution < 1.29 is 0 Å². The van der Waals surface area contributed by atoms with Crippen LogP contribution in [0.4, 0.5) is 17.3 Å². The number of hydrogen-bond donors (Lipinski definition) is 2. The molecule has 1 fully saturated rings. The summed E-state index contributed by atoms with van der Waals surface area (Å²) in [6.45, 7) is 3.17. The quantitative estimate of drug-likeness (QED) is 0.804. The Bertz CT molecular complexity index is 633. The van der Waals surface area contributed by atoms with E-state index in [1.807, 2.05) is 23.1 Å². The summed E-state index contributed by atoms with van der Waals surface area (Å²) in [6, 6.07) is 5.88. The second-order valence-electron chi connectivity index (χ2n) is 4.63. The van der Waals surface area contributed by atoms with E-state index in [-0.39, 0.29) is 11.2 Å². The third kappa shape index (κ3) is 2.29. The van der Waals surface area contributed by atoms with Crippen molar-refractivity contribution in [1.29, 1.82) is 0 Å². The van der Waals surface area contributed by atoms with Crippen LogP contribution in [0.25, 0.3) is 0 Å². The van der Waals surface area contributed by atoms with E-state index in [4.69, 9.17) is 5.73 Å². The molecule has 20 heavy (non-hydrogen) atoms. The van der Waals surface area contributed by atoms with Crippen LogP contribution < -0.4 is 21.1 Å². The summed E-state index contributed by atoms with van der Waals surface area (Å²) in [5.41, 5.74) is 5.68. The highest BCUT2D eigenvalue weighted by Gasteiger charge is 2.21. The van der Waals surface area contributed by atoms with E-state index in [1.165, 1.54) is 6.33 Å². The molecule has 0 atom stereocenters. The third-order valence-corrected chi connectivity index (χ3v) is 3.42. The average molecular weight is 272 g/mol. The van der Waals surface area contributed by atoms with Gasteiger partial charge in [0.2, 0.25) is 0 Å². The first-order valence-corrected chi connectivity index (χ1v) is 6.50. The van der Waals surface area contributed by atoms with Gasteiger partial charge in [-0.05, 0) is 12.1 Å². The molecule has 0 spiro atoms. The normalized spacial score (nSPS) is 15.4. The third-order valence-electron chi connectivity index (χ3n) is 3.42. The van der Waals surface area contributed by atoms with Gasteiger partial charge in [0.05, 0.1) is 6.33 Å². The van der Waals surface area contributed by atoms with Crippen LogP contribution in [0.5, 0.6) is 0 Å². The van der Waals surface area contributed by atoms with Gasteiger partial charge in [0.1, 0.15) is 11.5 Å². The Morgan fingerprint density at radius 3 is 2.55 bits per heavy atom. The Balaban J connectivity index is 1.73. The first kappa shape index (κ1) is 12.5. The Kier molecular flexibility index (Phi) is 3.24. The van der Waals surface area contributed by atoms with Gasteiger partial charge in [-0.1, -0.05) is 6.07 Å². The predicted octanol–water partition coefficient (Wildman–Crippen LogP) is 0.0737. The lowest BCUT2D eigenvalue weighted by Gasteiger charge is -2.36. The first-order chi connectivity index (χ1) is 9.75. The molecule has 0 radical (unpaired) electrons. The molecule has 7 heteroatoms. The summed E-state index contributed by atoms with van der Waals surface area (Å²) >= 11 is 0. The maximum absolute atomic E-state index is 11.5. The molecule has 1 saturated heterocycles. The number of H-pyrrole nitrogens is 1. The molecule has 3 heterocycles. The molecule has 0 unspecified atom stereocenters. The van der Waals surface area contributed by atoms with Gasteiger partial charge < -0.3 is 20.5 Å². The summed E-state index contributed by atoms with van der Waals surface area (Å²) in [5.74, 6) is 1.54. The standard InChI is InChI=1S/C13H16N6O/c14-11-12(16-9-17-13(11)20)19-7-5-18(6-8-19)10-3-1-2-4-15-10/h1-4,9H,5-8,14H2,(H,16,17,20). The molecule has 1 aliphatic rings. The largest absolute Gasteiger partial charge is 0.391 e. The molecule has 0 bridgehead atoms. The molecular formula is C13H16N6O. The van der Waals surface area contributed by atoms with Crippen LogP contribution in [0.3, 0.4) is 0 Å². The molecule has 0 saturated carbocycles. The molecule has 7 nitrogen and oxygen atoms in total. The monoisotopic (exact) mass is 272 g/mol. The number of pyridine rings is 1. The van der Waals surface area contributed by atoms with Crippen LogP contribution >= 0.6 is 0 Å². The molecule has 2 aromatic heterocycles. The Morgan fingerprint density at radius 1 is 1.10 bits per heavy atom. The van der Waals surface area contributed by atoms with Gasteiger partial charge >= 0.3 is 0 Å². The van der Waals surface area contributed by atoms with Crippen molar-refractivity contribution in [3.8, 4) is 0 Å². The van der Waals surface area contributed by atoms with Gasteiger partial charge in [-0.15, -0.1) is 0 Å². The first-order valence-electron chi connectivity index (χ1n) is 6.50. The Hall–Kier alpha value is -2.57. The molecule has 2 aromatic rings. The number of nitrogens with zero attached hydrogens (tertiary/aromatic N) is 4. The van der Waals surface area contributed by atoms with E-state index in [2.05, 4.69) is 19.9 Å². The number of rotatable bonds is 2.